The summed E-state index contributed by atoms with van der Waals surface area (Å²) in [5, 5.41) is 5.47. The Morgan fingerprint density at radius 3 is 1.48 bits per heavy atom. The van der Waals surface area contributed by atoms with E-state index >= 15 is 17.6 Å². The van der Waals surface area contributed by atoms with Gasteiger partial charge in [-0.15, -0.1) is 11.6 Å². The first kappa shape index (κ1) is 72.4. The van der Waals surface area contributed by atoms with E-state index in [2.05, 4.69) is 30.2 Å². The molecule has 3 aliphatic rings. The predicted octanol–water partition coefficient (Wildman–Crippen LogP) is 14.3. The average molecular weight is 1430 g/mol. The zero-order valence-corrected chi connectivity index (χ0v) is 61.1. The number of rotatable bonds is 10. The maximum Gasteiger partial charge on any atom is 0.410 e. The zero-order valence-electron chi connectivity index (χ0n) is 60.4. The van der Waals surface area contributed by atoms with Crippen LogP contribution < -0.4 is 41.4 Å². The summed E-state index contributed by atoms with van der Waals surface area (Å²) in [5.74, 6) is -3.13. The molecule has 0 aliphatic carbocycles. The van der Waals surface area contributed by atoms with Crippen LogP contribution in [-0.2, 0) is 9.47 Å². The van der Waals surface area contributed by atoms with Crippen molar-refractivity contribution >= 4 is 90.1 Å². The third-order valence-electron chi connectivity index (χ3n) is 18.8. The Balaban J connectivity index is 0.000000194. The van der Waals surface area contributed by atoms with Gasteiger partial charge >= 0.3 is 12.2 Å². The van der Waals surface area contributed by atoms with Gasteiger partial charge in [0, 0.05) is 86.2 Å². The number of halogens is 5. The van der Waals surface area contributed by atoms with E-state index in [9.17, 15) is 19.2 Å². The number of ether oxygens (including phenoxy) is 4. The molecule has 10 aromatic rings. The van der Waals surface area contributed by atoms with Gasteiger partial charge in [-0.3, -0.25) is 28.7 Å². The number of nitrogen functional groups attached to an aromatic ring is 1. The van der Waals surface area contributed by atoms with Crippen molar-refractivity contribution in [3.63, 3.8) is 0 Å². The van der Waals surface area contributed by atoms with Crippen LogP contribution in [0, 0.1) is 37.1 Å². The van der Waals surface area contributed by atoms with Gasteiger partial charge in [-0.1, -0.05) is 39.8 Å². The van der Waals surface area contributed by atoms with E-state index in [0.717, 1.165) is 5.56 Å². The number of methoxy groups -OCH3 is 2. The van der Waals surface area contributed by atoms with Crippen LogP contribution in [0.5, 0.6) is 11.8 Å². The van der Waals surface area contributed by atoms with E-state index in [1.54, 1.807) is 73.3 Å². The monoisotopic (exact) mass is 1430 g/mol. The molecule has 27 heteroatoms. The van der Waals surface area contributed by atoms with Crippen molar-refractivity contribution in [1.29, 1.82) is 0 Å². The van der Waals surface area contributed by atoms with Gasteiger partial charge in [0.2, 0.25) is 11.8 Å². The maximum absolute atomic E-state index is 16.8. The molecule has 0 radical (unpaired) electrons. The van der Waals surface area contributed by atoms with Crippen LogP contribution in [0.15, 0.2) is 95.0 Å². The Hall–Kier alpha value is -10.4. The number of alkyl halides is 1. The summed E-state index contributed by atoms with van der Waals surface area (Å²) in [5.41, 5.74) is 8.04. The largest absolute Gasteiger partial charge is 0.481 e. The van der Waals surface area contributed by atoms with Crippen LogP contribution in [-0.4, -0.2) is 149 Å². The lowest BCUT2D eigenvalue weighted by atomic mass is 9.98. The summed E-state index contributed by atoms with van der Waals surface area (Å²) < 4.78 is 90.6. The van der Waals surface area contributed by atoms with Crippen LogP contribution in [0.2, 0.25) is 0 Å². The first-order valence-electron chi connectivity index (χ1n) is 34.1. The van der Waals surface area contributed by atoms with E-state index in [4.69, 9.17) is 46.3 Å². The SMILES string of the molecule is COc1nccc2ccc(F)c(-c3nc4c(cc3F)c(N3C[C@@H](C)N(C(=O)OC(C)(C)C)C[C@@H]3CCl)c(N)c(=O)n4-c3c(C)ccnc3C(C)C)c12.COc1nccc2ccc(F)c(-c3nc4c(cc3F)c3c(c(=O)n4-c4c(C)ccnc4C(C)C)NC[C@H]4CN(C(=O)OC(C)(C)C)[C@H](C)CN34)c12. The topological polar surface area (TPSA) is 243 Å². The van der Waals surface area contributed by atoms with Crippen molar-refractivity contribution in [2.24, 2.45) is 0 Å². The highest BCUT2D eigenvalue weighted by atomic mass is 35.5. The van der Waals surface area contributed by atoms with Gasteiger partial charge in [-0.2, -0.15) is 0 Å². The molecule has 3 N–H and O–H groups in total. The Kier molecular flexibility index (Phi) is 19.5. The molecule has 3 aliphatic heterocycles. The molecule has 0 saturated carbocycles. The number of nitrogens with one attached hydrogen (secondary N) is 1. The summed E-state index contributed by atoms with van der Waals surface area (Å²) in [4.78, 5) is 90.6. The summed E-state index contributed by atoms with van der Waals surface area (Å²) in [7, 11) is 2.80. The minimum Gasteiger partial charge on any atom is -0.481 e. The van der Waals surface area contributed by atoms with Crippen molar-refractivity contribution in [3.8, 4) is 45.6 Å². The van der Waals surface area contributed by atoms with Gasteiger partial charge < -0.3 is 49.6 Å². The number of hydrogen-bond donors (Lipinski definition) is 2. The lowest BCUT2D eigenvalue weighted by molar-refractivity contribution is 0.0119. The number of nitrogens with zero attached hydrogens (tertiary/aromatic N) is 12. The molecule has 13 rings (SSSR count). The fraction of sp³-hybridized carbons (Fsp3) is 0.395. The number of piperazine rings is 2. The number of aryl methyl sites for hydroxylation is 2. The fourth-order valence-electron chi connectivity index (χ4n) is 14.2. The van der Waals surface area contributed by atoms with Crippen LogP contribution in [0.4, 0.5) is 49.9 Å². The van der Waals surface area contributed by atoms with Gasteiger partial charge in [0.05, 0.1) is 82.3 Å². The number of nitrogens with two attached hydrogens (primary N) is 1. The number of pyridine rings is 8. The second-order valence-electron chi connectivity index (χ2n) is 29.0. The Labute approximate surface area is 597 Å². The minimum absolute atomic E-state index is 0.0263. The molecule has 0 spiro atoms. The van der Waals surface area contributed by atoms with Crippen LogP contribution in [0.3, 0.4) is 0 Å². The molecule has 22 nitrogen and oxygen atoms in total. The van der Waals surface area contributed by atoms with Crippen LogP contribution in [0.25, 0.3) is 77.5 Å². The van der Waals surface area contributed by atoms with Crippen LogP contribution in [0.1, 0.15) is 117 Å². The standard InChI is InChI=1S/C38H42ClF2N7O4.C38H41F2N7O4/c1-19(2)30-32(20(3)11-13-43-30)48-34-24(15-26(41)31(45-34)28-25(40)10-9-22-12-14-44-35(51-8)27(22)28)33(29(42)36(48)49)47-17-21(4)46(18-23(47)16-39)37(50)52-38(5,6)7;1-19(2)29-32(20(3)11-13-41-29)47-34-24(15-26(40)30(44-34)28-25(39)10-9-22-12-14-42-35(50-8)27(22)28)33-31(36(47)48)43-16-23-18-45(21(4)17-46(23)33)37(49)51-38(5,6)7/h9-15,19,21,23H,16-18,42H2,1-8H3;9-15,19,21,23,43H,16-18H2,1-8H3/t2*21-,23+/m11/s1. The number of hydrogen-bond acceptors (Lipinski definition) is 18. The number of aromatic nitrogens is 8. The summed E-state index contributed by atoms with van der Waals surface area (Å²) in [6.07, 6.45) is 5.46. The van der Waals surface area contributed by atoms with Crippen molar-refractivity contribution in [3.05, 3.63) is 152 Å². The highest BCUT2D eigenvalue weighted by molar-refractivity contribution is 6.18. The van der Waals surface area contributed by atoms with Gasteiger partial charge in [0.15, 0.2) is 11.3 Å². The third-order valence-corrected chi connectivity index (χ3v) is 19.2. The van der Waals surface area contributed by atoms with Crippen molar-refractivity contribution in [2.45, 2.75) is 144 Å². The fourth-order valence-corrected chi connectivity index (χ4v) is 14.4. The van der Waals surface area contributed by atoms with Gasteiger partial charge in [0.1, 0.15) is 57.2 Å². The molecule has 2 fully saturated rings. The van der Waals surface area contributed by atoms with Crippen molar-refractivity contribution in [2.75, 3.05) is 73.7 Å². The van der Waals surface area contributed by atoms with Gasteiger partial charge in [-0.05, 0) is 152 Å². The van der Waals surface area contributed by atoms with E-state index in [1.165, 1.54) is 60.0 Å². The molecule has 103 heavy (non-hydrogen) atoms. The molecule has 4 atom stereocenters. The molecule has 2 saturated heterocycles. The summed E-state index contributed by atoms with van der Waals surface area (Å²) in [6.45, 7) is 27.5. The highest BCUT2D eigenvalue weighted by Crippen LogP contribution is 2.46. The smallest absolute Gasteiger partial charge is 0.410 e. The van der Waals surface area contributed by atoms with Crippen molar-refractivity contribution in [1.82, 2.24) is 48.8 Å². The third kappa shape index (κ3) is 13.1. The number of carbonyl (C=O) groups excluding carboxylic acids is 2. The lowest BCUT2D eigenvalue weighted by Crippen LogP contribution is -2.63. The summed E-state index contributed by atoms with van der Waals surface area (Å²) >= 11 is 6.56. The van der Waals surface area contributed by atoms with Crippen molar-refractivity contribution < 1.29 is 46.1 Å². The van der Waals surface area contributed by atoms with E-state index in [-0.39, 0.29) is 122 Å². The normalized spacial score (nSPS) is 17.0. The second kappa shape index (κ2) is 27.8. The molecular weight excluding hydrogens is 1350 g/mol. The molecule has 540 valence electrons. The average Bonchev–Trinajstić information content (AvgIpc) is 0.719. The molecule has 0 unspecified atom stereocenters. The predicted molar refractivity (Wildman–Crippen MR) is 393 cm³/mol. The van der Waals surface area contributed by atoms with Gasteiger partial charge in [0.25, 0.3) is 11.1 Å². The van der Waals surface area contributed by atoms with E-state index in [0.29, 0.717) is 69.8 Å². The molecule has 11 heterocycles. The minimum atomic E-state index is -0.870. The zero-order chi connectivity index (χ0) is 74.3. The van der Waals surface area contributed by atoms with E-state index < -0.39 is 69.9 Å². The summed E-state index contributed by atoms with van der Waals surface area (Å²) in [6, 6.07) is 13.5. The first-order valence-corrected chi connectivity index (χ1v) is 34.6. The number of carbonyl (C=O) groups is 2. The molecule has 0 bridgehead atoms. The second-order valence-corrected chi connectivity index (χ2v) is 29.3. The Morgan fingerprint density at radius 2 is 1.03 bits per heavy atom. The van der Waals surface area contributed by atoms with E-state index in [1.807, 2.05) is 87.1 Å². The maximum atomic E-state index is 16.8. The van der Waals surface area contributed by atoms with Gasteiger partial charge in [-0.25, -0.2) is 47.1 Å². The highest BCUT2D eigenvalue weighted by Gasteiger charge is 2.43. The quantitative estimate of drug-likeness (QED) is 0.0955. The Morgan fingerprint density at radius 1 is 0.592 bits per heavy atom. The molecule has 2 aromatic carbocycles. The number of benzene rings is 2. The Bertz CT molecular complexity index is 5200. The molecular formula is C76H83ClF4N14O8. The van der Waals surface area contributed by atoms with Crippen LogP contribution >= 0.6 is 11.6 Å². The molecule has 2 amide bonds. The number of anilines is 4. The lowest BCUT2D eigenvalue weighted by Gasteiger charge is -2.49. The first-order chi connectivity index (χ1) is 48.8. The number of fused-ring (bicyclic) bond motifs is 8. The molecule has 8 aromatic heterocycles. The number of amides is 2.